The summed E-state index contributed by atoms with van der Waals surface area (Å²) in [6.45, 7) is 1.84. The molecule has 144 valence electrons. The Bertz CT molecular complexity index is 810. The van der Waals surface area contributed by atoms with Gasteiger partial charge < -0.3 is 5.73 Å². The highest BCUT2D eigenvalue weighted by atomic mass is 35.5. The molecule has 0 amide bonds. The van der Waals surface area contributed by atoms with Crippen molar-refractivity contribution in [2.75, 3.05) is 7.05 Å². The lowest BCUT2D eigenvalue weighted by Crippen LogP contribution is -2.37. The number of benzene rings is 2. The highest BCUT2D eigenvalue weighted by molar-refractivity contribution is 7.87. The van der Waals surface area contributed by atoms with Gasteiger partial charge in [0.05, 0.1) is 0 Å². The Labute approximate surface area is 164 Å². The smallest absolute Gasteiger partial charge is 0.279 e. The van der Waals surface area contributed by atoms with Gasteiger partial charge in [0, 0.05) is 36.8 Å². The molecule has 0 saturated heterocycles. The monoisotopic (exact) mass is 421 g/mol. The fourth-order valence-electron chi connectivity index (χ4n) is 2.21. The highest BCUT2D eigenvalue weighted by Crippen LogP contribution is 2.21. The van der Waals surface area contributed by atoms with E-state index < -0.39 is 16.0 Å². The molecule has 0 radical (unpaired) electrons. The number of rotatable bonds is 7. The van der Waals surface area contributed by atoms with E-state index in [0.29, 0.717) is 0 Å². The molecule has 0 bridgehead atoms. The molecule has 1 atom stereocenters. The molecule has 9 heteroatoms. The molecule has 2 rings (SSSR count). The fraction of sp³-hybridized carbons (Fsp3) is 0.294. The Kier molecular flexibility index (Phi) is 8.46. The zero-order valence-corrected chi connectivity index (χ0v) is 16.8. The molecule has 0 aromatic heterocycles. The molecule has 3 N–H and O–H groups in total. The molecule has 5 nitrogen and oxygen atoms in total. The van der Waals surface area contributed by atoms with Gasteiger partial charge in [-0.25, -0.2) is 4.39 Å². The van der Waals surface area contributed by atoms with Crippen LogP contribution in [-0.4, -0.2) is 19.8 Å². The second-order valence-corrected chi connectivity index (χ2v) is 8.08. The van der Waals surface area contributed by atoms with Crippen LogP contribution in [0.5, 0.6) is 0 Å². The minimum Gasteiger partial charge on any atom is -0.324 e. The number of nitrogens with zero attached hydrogens (tertiary/aromatic N) is 1. The number of hydrogen-bond donors (Lipinski definition) is 2. The first-order valence-corrected chi connectivity index (χ1v) is 9.50. The van der Waals surface area contributed by atoms with E-state index in [2.05, 4.69) is 4.72 Å². The van der Waals surface area contributed by atoms with Gasteiger partial charge in [-0.3, -0.25) is 0 Å². The van der Waals surface area contributed by atoms with Crippen molar-refractivity contribution in [3.63, 3.8) is 0 Å². The van der Waals surface area contributed by atoms with Crippen LogP contribution in [0, 0.1) is 5.82 Å². The lowest BCUT2D eigenvalue weighted by Gasteiger charge is -2.19. The van der Waals surface area contributed by atoms with Crippen LogP contribution < -0.4 is 10.5 Å². The van der Waals surface area contributed by atoms with Crippen molar-refractivity contribution in [1.29, 1.82) is 0 Å². The maximum Gasteiger partial charge on any atom is 0.279 e. The molecular weight excluding hydrogens is 400 g/mol. The van der Waals surface area contributed by atoms with Gasteiger partial charge >= 0.3 is 0 Å². The summed E-state index contributed by atoms with van der Waals surface area (Å²) in [6.07, 6.45) is 0. The van der Waals surface area contributed by atoms with Crippen LogP contribution >= 0.6 is 24.0 Å². The Hall–Kier alpha value is -1.22. The number of nitrogens with two attached hydrogens (primary N) is 1. The molecule has 0 heterocycles. The van der Waals surface area contributed by atoms with Gasteiger partial charge in [0.2, 0.25) is 0 Å². The lowest BCUT2D eigenvalue weighted by atomic mass is 10.1. The minimum atomic E-state index is -3.78. The largest absolute Gasteiger partial charge is 0.324 e. The van der Waals surface area contributed by atoms with Crippen LogP contribution in [0.3, 0.4) is 0 Å². The van der Waals surface area contributed by atoms with Crippen LogP contribution in [0.1, 0.15) is 29.7 Å². The maximum atomic E-state index is 13.8. The third-order valence-corrected chi connectivity index (χ3v) is 5.63. The summed E-state index contributed by atoms with van der Waals surface area (Å²) in [6, 6.07) is 11.5. The molecule has 0 saturated carbocycles. The van der Waals surface area contributed by atoms with Crippen LogP contribution in [0.15, 0.2) is 42.5 Å². The molecule has 0 fully saturated rings. The molecule has 0 aliphatic rings. The molecule has 2 aromatic carbocycles. The van der Waals surface area contributed by atoms with E-state index in [9.17, 15) is 12.8 Å². The van der Waals surface area contributed by atoms with Crippen molar-refractivity contribution >= 4 is 34.2 Å². The number of halogens is 3. The summed E-state index contributed by atoms with van der Waals surface area (Å²) < 4.78 is 42.0. The molecule has 26 heavy (non-hydrogen) atoms. The number of nitrogens with one attached hydrogen (secondary N) is 1. The fourth-order valence-corrected chi connectivity index (χ4v) is 3.31. The van der Waals surface area contributed by atoms with Gasteiger partial charge in [0.1, 0.15) is 5.82 Å². The first kappa shape index (κ1) is 22.8. The minimum absolute atomic E-state index is 0. The van der Waals surface area contributed by atoms with E-state index in [1.807, 2.05) is 31.2 Å². The third-order valence-electron chi connectivity index (χ3n) is 3.82. The zero-order chi connectivity index (χ0) is 18.6. The van der Waals surface area contributed by atoms with E-state index >= 15 is 0 Å². The van der Waals surface area contributed by atoms with Crippen molar-refractivity contribution in [2.24, 2.45) is 5.73 Å². The third kappa shape index (κ3) is 5.90. The molecule has 0 spiro atoms. The summed E-state index contributed by atoms with van der Waals surface area (Å²) in [5.74, 6) is -0.541. The average molecular weight is 422 g/mol. The Morgan fingerprint density at radius 3 is 2.38 bits per heavy atom. The molecule has 2 aromatic rings. The second-order valence-electron chi connectivity index (χ2n) is 5.81. The normalized spacial score (nSPS) is 12.7. The summed E-state index contributed by atoms with van der Waals surface area (Å²) >= 11 is 5.94. The second kappa shape index (κ2) is 9.64. The highest BCUT2D eigenvalue weighted by Gasteiger charge is 2.20. The Morgan fingerprint density at radius 1 is 1.23 bits per heavy atom. The summed E-state index contributed by atoms with van der Waals surface area (Å²) in [5, 5.41) is 0.188. The van der Waals surface area contributed by atoms with E-state index in [1.54, 1.807) is 0 Å². The number of hydrogen-bond acceptors (Lipinski definition) is 3. The quantitative estimate of drug-likeness (QED) is 0.719. The van der Waals surface area contributed by atoms with Gasteiger partial charge in [-0.2, -0.15) is 17.4 Å². The van der Waals surface area contributed by atoms with E-state index in [0.717, 1.165) is 15.4 Å². The van der Waals surface area contributed by atoms with Gasteiger partial charge in [-0.1, -0.05) is 41.9 Å². The average Bonchev–Trinajstić information content (AvgIpc) is 2.56. The van der Waals surface area contributed by atoms with Crippen molar-refractivity contribution in [3.05, 3.63) is 70.0 Å². The van der Waals surface area contributed by atoms with E-state index in [-0.39, 0.29) is 42.1 Å². The van der Waals surface area contributed by atoms with Gasteiger partial charge in [-0.15, -0.1) is 12.4 Å². The predicted octanol–water partition coefficient (Wildman–Crippen LogP) is 3.39. The SMILES string of the molecule is CC(N)c1ccc(CNS(=O)(=O)N(C)Cc2c(F)cccc2Cl)cc1.Cl. The van der Waals surface area contributed by atoms with Crippen molar-refractivity contribution in [3.8, 4) is 0 Å². The lowest BCUT2D eigenvalue weighted by molar-refractivity contribution is 0.446. The Morgan fingerprint density at radius 2 is 1.85 bits per heavy atom. The van der Waals surface area contributed by atoms with Crippen molar-refractivity contribution in [2.45, 2.75) is 26.1 Å². The van der Waals surface area contributed by atoms with Crippen LogP contribution in [-0.2, 0) is 23.3 Å². The first-order chi connectivity index (χ1) is 11.7. The molecule has 0 aliphatic carbocycles. The summed E-state index contributed by atoms with van der Waals surface area (Å²) in [5.41, 5.74) is 7.69. The van der Waals surface area contributed by atoms with Crippen LogP contribution in [0.4, 0.5) is 4.39 Å². The van der Waals surface area contributed by atoms with Crippen molar-refractivity contribution in [1.82, 2.24) is 9.03 Å². The summed E-state index contributed by atoms with van der Waals surface area (Å²) in [4.78, 5) is 0. The van der Waals surface area contributed by atoms with E-state index in [1.165, 1.54) is 25.2 Å². The maximum absolute atomic E-state index is 13.8. The van der Waals surface area contributed by atoms with Gasteiger partial charge in [0.15, 0.2) is 0 Å². The van der Waals surface area contributed by atoms with Crippen molar-refractivity contribution < 1.29 is 12.8 Å². The van der Waals surface area contributed by atoms with Crippen LogP contribution in [0.25, 0.3) is 0 Å². The molecular formula is C17H22Cl2FN3O2S. The predicted molar refractivity (Wildman–Crippen MR) is 105 cm³/mol. The Balaban J connectivity index is 0.00000338. The summed E-state index contributed by atoms with van der Waals surface area (Å²) in [7, 11) is -2.42. The topological polar surface area (TPSA) is 75.4 Å². The molecule has 0 aliphatic heterocycles. The van der Waals surface area contributed by atoms with E-state index in [4.69, 9.17) is 17.3 Å². The van der Waals surface area contributed by atoms with Gasteiger partial charge in [-0.05, 0) is 30.2 Å². The van der Waals surface area contributed by atoms with Crippen LogP contribution in [0.2, 0.25) is 5.02 Å². The first-order valence-electron chi connectivity index (χ1n) is 7.69. The molecule has 1 unspecified atom stereocenters. The zero-order valence-electron chi connectivity index (χ0n) is 14.4. The van der Waals surface area contributed by atoms with Gasteiger partial charge in [0.25, 0.3) is 10.2 Å². The standard InChI is InChI=1S/C17H21ClFN3O2S.ClH/c1-12(20)14-8-6-13(7-9-14)10-21-25(23,24)22(2)11-15-16(18)4-3-5-17(15)19;/h3-9,12,21H,10-11,20H2,1-2H3;1H.